The van der Waals surface area contributed by atoms with Crippen molar-refractivity contribution in [3.63, 3.8) is 0 Å². The predicted octanol–water partition coefficient (Wildman–Crippen LogP) is 9.14. The number of allylic oxidation sites excluding steroid dienone is 12. The molecule has 6 rings (SSSR count). The highest BCUT2D eigenvalue weighted by molar-refractivity contribution is 7.86. The highest BCUT2D eigenvalue weighted by Gasteiger charge is 2.47. The molecule has 4 aliphatic rings. The number of hydrogen-bond donors (Lipinski definition) is 3. The second-order valence-electron chi connectivity index (χ2n) is 18.4. The number of imide groups is 1. The van der Waals surface area contributed by atoms with Gasteiger partial charge in [0.15, 0.2) is 5.71 Å². The summed E-state index contributed by atoms with van der Waals surface area (Å²) in [4.78, 5) is 39.5. The number of rotatable bonds is 25. The number of nitrogens with zero attached hydrogens (tertiary/aromatic N) is 3. The number of unbranched alkanes of at least 4 members (excludes halogenated alkanes) is 5. The number of anilines is 1. The number of carbonyl (C=O) groups is 3. The molecule has 15 heteroatoms. The van der Waals surface area contributed by atoms with Gasteiger partial charge in [0.25, 0.3) is 32.1 Å². The van der Waals surface area contributed by atoms with Crippen LogP contribution in [0.3, 0.4) is 0 Å². The normalized spacial score (nSPS) is 21.7. The molecular formula is C53H67N4O9S2+. The smallest absolute Gasteiger partial charge is 0.294 e. The molecule has 0 fully saturated rings. The first-order chi connectivity index (χ1) is 32.5. The number of carbonyl (C=O) groups excluding carboxylic acids is 3. The van der Waals surface area contributed by atoms with Crippen LogP contribution in [0.4, 0.5) is 11.4 Å². The molecule has 3 heterocycles. The largest absolute Gasteiger partial charge is 0.354 e. The van der Waals surface area contributed by atoms with Gasteiger partial charge in [-0.2, -0.15) is 21.4 Å². The number of benzene rings is 2. The number of fused-ring (bicyclic) bond motifs is 2. The standard InChI is InChI=1S/C53H66N4O9S2/c1-4-5-15-33-52(2)43-24-13-14-25-45(43)56(37-20-23-41-21-10-7-6-8-11-22-41)47(52)26-19-27-48-53(3,34-16-18-39-67(61,62)63)44-40-42(68(64,65)66)29-30-46(44)55(48)36-17-9-12-28-49(58)54-35-38-57-50(59)31-32-51(57)60/h6-8,10-11,13-14,19,21-22,24-27,29-32,40H,4-5,9,12,15-18,20,23,28,33-39H2,1-3H3,(H2-,54,58,61,62,63,64,65,66)/p+1/b7-6-,8-6?,10-7?,11-8-,21-10?,22-11?,41-21?,41-22?. The Hall–Kier alpha value is -5.48. The highest BCUT2D eigenvalue weighted by Crippen LogP contribution is 2.52. The predicted molar refractivity (Wildman–Crippen MR) is 268 cm³/mol. The molecule has 364 valence electrons. The monoisotopic (exact) mass is 967 g/mol. The number of hydrogen-bond acceptors (Lipinski definition) is 8. The second kappa shape index (κ2) is 23.2. The van der Waals surface area contributed by atoms with E-state index in [1.807, 2.05) is 25.2 Å². The summed E-state index contributed by atoms with van der Waals surface area (Å²) >= 11 is 0. The maximum atomic E-state index is 12.7. The number of nitrogens with one attached hydrogen (secondary N) is 1. The van der Waals surface area contributed by atoms with Gasteiger partial charge in [0.05, 0.1) is 16.1 Å². The summed E-state index contributed by atoms with van der Waals surface area (Å²) in [5, 5.41) is 2.79. The van der Waals surface area contributed by atoms with Crippen molar-refractivity contribution >= 4 is 55.0 Å². The van der Waals surface area contributed by atoms with Crippen molar-refractivity contribution in [1.82, 2.24) is 10.2 Å². The van der Waals surface area contributed by atoms with Crippen molar-refractivity contribution in [3.8, 4) is 0 Å². The van der Waals surface area contributed by atoms with Crippen LogP contribution in [-0.2, 0) is 45.4 Å². The van der Waals surface area contributed by atoms with Crippen molar-refractivity contribution in [2.45, 2.75) is 120 Å². The average Bonchev–Trinajstić information content (AvgIpc) is 3.81. The lowest BCUT2D eigenvalue weighted by atomic mass is 9.75. The van der Waals surface area contributed by atoms with E-state index < -0.39 is 43.2 Å². The Labute approximate surface area is 403 Å². The molecule has 3 aliphatic heterocycles. The zero-order valence-electron chi connectivity index (χ0n) is 39.6. The summed E-state index contributed by atoms with van der Waals surface area (Å²) in [5.41, 5.74) is 6.15. The maximum Gasteiger partial charge on any atom is 0.294 e. The first kappa shape index (κ1) is 51.9. The molecule has 0 bridgehead atoms. The summed E-state index contributed by atoms with van der Waals surface area (Å²) in [6.45, 7) is 8.14. The SMILES string of the molecule is CCCCCC1(C)C(/C=C/C=C2/N(CCCCCC(=O)NCCN3C(=O)C=CC3=O)c3ccc(S(=O)(=O)O)cc3C2(C)CCCCS(=O)(=O)O)=[N+](CCCC2=C/C=C\C=C/C=C2)c2ccccc21. The van der Waals surface area contributed by atoms with E-state index in [1.165, 1.54) is 46.8 Å². The molecule has 3 amide bonds. The van der Waals surface area contributed by atoms with Gasteiger partial charge < -0.3 is 10.2 Å². The molecule has 0 spiro atoms. The van der Waals surface area contributed by atoms with Gasteiger partial charge in [0.1, 0.15) is 6.54 Å². The zero-order chi connectivity index (χ0) is 49.0. The zero-order valence-corrected chi connectivity index (χ0v) is 41.2. The van der Waals surface area contributed by atoms with E-state index in [-0.39, 0.29) is 42.1 Å². The molecule has 3 N–H and O–H groups in total. The molecule has 0 radical (unpaired) electrons. The van der Waals surface area contributed by atoms with Gasteiger partial charge in [0.2, 0.25) is 11.6 Å². The lowest BCUT2D eigenvalue weighted by molar-refractivity contribution is -0.438. The van der Waals surface area contributed by atoms with Crippen LogP contribution in [0.1, 0.15) is 115 Å². The van der Waals surface area contributed by atoms with Gasteiger partial charge in [-0.1, -0.05) is 106 Å². The van der Waals surface area contributed by atoms with Crippen molar-refractivity contribution in [3.05, 3.63) is 138 Å². The molecule has 2 unspecified atom stereocenters. The maximum absolute atomic E-state index is 12.7. The van der Waals surface area contributed by atoms with E-state index in [4.69, 9.17) is 0 Å². The Bertz CT molecular complexity index is 2680. The van der Waals surface area contributed by atoms with E-state index in [0.29, 0.717) is 44.2 Å². The van der Waals surface area contributed by atoms with Gasteiger partial charge >= 0.3 is 0 Å². The quantitative estimate of drug-likeness (QED) is 0.0376. The third kappa shape index (κ3) is 13.0. The minimum Gasteiger partial charge on any atom is -0.354 e. The molecule has 1 aliphatic carbocycles. The molecule has 0 saturated carbocycles. The third-order valence-corrected chi connectivity index (χ3v) is 15.2. The van der Waals surface area contributed by atoms with Crippen LogP contribution in [0.15, 0.2) is 132 Å². The van der Waals surface area contributed by atoms with Crippen LogP contribution in [0.25, 0.3) is 0 Å². The van der Waals surface area contributed by atoms with Gasteiger partial charge in [0, 0.05) is 79.1 Å². The van der Waals surface area contributed by atoms with Gasteiger partial charge in [-0.3, -0.25) is 28.4 Å². The molecule has 68 heavy (non-hydrogen) atoms. The summed E-state index contributed by atoms with van der Waals surface area (Å²) in [5.74, 6) is -1.39. The Kier molecular flexibility index (Phi) is 17.7. The van der Waals surface area contributed by atoms with Crippen LogP contribution >= 0.6 is 0 Å². The van der Waals surface area contributed by atoms with Crippen molar-refractivity contribution in [2.75, 3.05) is 36.8 Å². The van der Waals surface area contributed by atoms with Crippen molar-refractivity contribution in [1.29, 1.82) is 0 Å². The van der Waals surface area contributed by atoms with Crippen LogP contribution in [0, 0.1) is 0 Å². The molecule has 0 aromatic heterocycles. The molecule has 2 aromatic carbocycles. The Balaban J connectivity index is 1.32. The summed E-state index contributed by atoms with van der Waals surface area (Å²) < 4.78 is 70.9. The topological polar surface area (TPSA) is 181 Å². The minimum atomic E-state index is -4.57. The fraction of sp³-hybridized carbons (Fsp3) is 0.434. The lowest BCUT2D eigenvalue weighted by Crippen LogP contribution is -2.38. The summed E-state index contributed by atoms with van der Waals surface area (Å²) in [6.07, 6.45) is 32.6. The fourth-order valence-corrected chi connectivity index (χ4v) is 11.0. The molecule has 2 aromatic rings. The summed E-state index contributed by atoms with van der Waals surface area (Å²) in [6, 6.07) is 13.3. The Morgan fingerprint density at radius 3 is 2.24 bits per heavy atom. The Morgan fingerprint density at radius 2 is 1.49 bits per heavy atom. The van der Waals surface area contributed by atoms with Crippen LogP contribution in [0.2, 0.25) is 0 Å². The van der Waals surface area contributed by atoms with Crippen LogP contribution in [0.5, 0.6) is 0 Å². The van der Waals surface area contributed by atoms with E-state index >= 15 is 0 Å². The van der Waals surface area contributed by atoms with Crippen LogP contribution < -0.4 is 10.2 Å². The molecular weight excluding hydrogens is 901 g/mol. The highest BCUT2D eigenvalue weighted by atomic mass is 32.2. The van der Waals surface area contributed by atoms with Gasteiger partial charge in [-0.05, 0) is 87.8 Å². The molecule has 0 saturated heterocycles. The first-order valence-corrected chi connectivity index (χ1v) is 27.0. The first-order valence-electron chi connectivity index (χ1n) is 23.9. The van der Waals surface area contributed by atoms with Crippen LogP contribution in [-0.4, -0.2) is 90.8 Å². The average molecular weight is 968 g/mol. The summed E-state index contributed by atoms with van der Waals surface area (Å²) in [7, 11) is -8.77. The van der Waals surface area contributed by atoms with Crippen molar-refractivity contribution in [2.24, 2.45) is 0 Å². The molecule has 13 nitrogen and oxygen atoms in total. The third-order valence-electron chi connectivity index (χ3n) is 13.5. The lowest BCUT2D eigenvalue weighted by Gasteiger charge is -2.30. The van der Waals surface area contributed by atoms with E-state index in [1.54, 1.807) is 6.07 Å². The molecule has 2 atom stereocenters. The van der Waals surface area contributed by atoms with E-state index in [9.17, 15) is 40.3 Å². The van der Waals surface area contributed by atoms with Gasteiger partial charge in [-0.25, -0.2) is 0 Å². The van der Waals surface area contributed by atoms with E-state index in [2.05, 4.69) is 95.4 Å². The van der Waals surface area contributed by atoms with Gasteiger partial charge in [-0.15, -0.1) is 0 Å². The minimum absolute atomic E-state index is 0.0942. The number of para-hydroxylation sites is 1. The fourth-order valence-electron chi connectivity index (χ4n) is 9.93. The second-order valence-corrected chi connectivity index (χ2v) is 21.4. The number of amides is 3. The van der Waals surface area contributed by atoms with Crippen molar-refractivity contribution < 1.29 is 44.9 Å². The Morgan fingerprint density at radius 1 is 0.765 bits per heavy atom. The van der Waals surface area contributed by atoms with E-state index in [0.717, 1.165) is 61.4 Å².